The van der Waals surface area contributed by atoms with E-state index in [1.807, 2.05) is 42.2 Å². The number of benzene rings is 1. The molecule has 0 unspecified atom stereocenters. The molecular formula is C19H21ClN6. The maximum atomic E-state index is 6.38. The Morgan fingerprint density at radius 1 is 1.04 bits per heavy atom. The number of hydrogen-bond donors (Lipinski definition) is 0. The Balaban J connectivity index is 1.49. The number of piperazine rings is 1. The molecule has 0 atom stereocenters. The first-order valence-corrected chi connectivity index (χ1v) is 9.09. The van der Waals surface area contributed by atoms with Gasteiger partial charge < -0.3 is 4.90 Å². The van der Waals surface area contributed by atoms with Crippen LogP contribution in [0.3, 0.4) is 0 Å². The van der Waals surface area contributed by atoms with Crippen molar-refractivity contribution in [3.05, 3.63) is 59.6 Å². The van der Waals surface area contributed by atoms with Crippen LogP contribution < -0.4 is 4.90 Å². The quantitative estimate of drug-likeness (QED) is 0.708. The third kappa shape index (κ3) is 3.57. The van der Waals surface area contributed by atoms with Gasteiger partial charge in [0.15, 0.2) is 5.82 Å². The molecule has 1 fully saturated rings. The van der Waals surface area contributed by atoms with Crippen molar-refractivity contribution in [2.45, 2.75) is 6.54 Å². The van der Waals surface area contributed by atoms with Gasteiger partial charge in [-0.25, -0.2) is 4.98 Å². The van der Waals surface area contributed by atoms with E-state index in [9.17, 15) is 0 Å². The average molecular weight is 369 g/mol. The summed E-state index contributed by atoms with van der Waals surface area (Å²) in [4.78, 5) is 13.9. The van der Waals surface area contributed by atoms with E-state index in [2.05, 4.69) is 31.1 Å². The normalized spacial score (nSPS) is 15.4. The molecule has 3 heterocycles. The first kappa shape index (κ1) is 17.0. The maximum absolute atomic E-state index is 6.38. The van der Waals surface area contributed by atoms with Gasteiger partial charge in [-0.2, -0.15) is 5.10 Å². The summed E-state index contributed by atoms with van der Waals surface area (Å²) in [6.45, 7) is 4.72. The SMILES string of the molecule is Cn1cc(CN2CCN(c3nccnc3-c3ccccc3Cl)CC2)cn1. The van der Waals surface area contributed by atoms with Crippen molar-refractivity contribution in [2.24, 2.45) is 7.05 Å². The second-order valence-corrected chi connectivity index (χ2v) is 6.90. The number of aryl methyl sites for hydroxylation is 1. The first-order valence-electron chi connectivity index (χ1n) is 8.71. The van der Waals surface area contributed by atoms with E-state index in [0.717, 1.165) is 49.8 Å². The molecular weight excluding hydrogens is 348 g/mol. The van der Waals surface area contributed by atoms with E-state index in [1.54, 1.807) is 12.4 Å². The third-order valence-corrected chi connectivity index (χ3v) is 4.97. The van der Waals surface area contributed by atoms with Crippen molar-refractivity contribution in [1.82, 2.24) is 24.6 Å². The second kappa shape index (κ2) is 7.43. The molecule has 0 radical (unpaired) electrons. The topological polar surface area (TPSA) is 50.1 Å². The van der Waals surface area contributed by atoms with Crippen molar-refractivity contribution in [3.63, 3.8) is 0 Å². The number of hydrogen-bond acceptors (Lipinski definition) is 5. The molecule has 1 saturated heterocycles. The van der Waals surface area contributed by atoms with Crippen molar-refractivity contribution in [2.75, 3.05) is 31.1 Å². The summed E-state index contributed by atoms with van der Waals surface area (Å²) in [6, 6.07) is 7.79. The summed E-state index contributed by atoms with van der Waals surface area (Å²) in [5, 5.41) is 4.95. The van der Waals surface area contributed by atoms with Crippen LogP contribution in [0, 0.1) is 0 Å². The number of halogens is 1. The molecule has 1 aliphatic heterocycles. The van der Waals surface area contributed by atoms with E-state index in [1.165, 1.54) is 5.56 Å². The number of aromatic nitrogens is 4. The largest absolute Gasteiger partial charge is 0.352 e. The molecule has 6 nitrogen and oxygen atoms in total. The highest BCUT2D eigenvalue weighted by Crippen LogP contribution is 2.32. The van der Waals surface area contributed by atoms with Crippen molar-refractivity contribution < 1.29 is 0 Å². The van der Waals surface area contributed by atoms with Gasteiger partial charge in [0.1, 0.15) is 5.69 Å². The number of anilines is 1. The van der Waals surface area contributed by atoms with Gasteiger partial charge in [0.2, 0.25) is 0 Å². The van der Waals surface area contributed by atoms with Crippen LogP contribution >= 0.6 is 11.6 Å². The summed E-state index contributed by atoms with van der Waals surface area (Å²) < 4.78 is 1.85. The minimum absolute atomic E-state index is 0.699. The molecule has 3 aromatic rings. The Labute approximate surface area is 158 Å². The van der Waals surface area contributed by atoms with Gasteiger partial charge in [-0.3, -0.25) is 14.6 Å². The summed E-state index contributed by atoms with van der Waals surface area (Å²) in [6.07, 6.45) is 7.48. The zero-order chi connectivity index (χ0) is 17.9. The highest BCUT2D eigenvalue weighted by molar-refractivity contribution is 6.33. The molecule has 2 aromatic heterocycles. The highest BCUT2D eigenvalue weighted by atomic mass is 35.5. The van der Waals surface area contributed by atoms with Gasteiger partial charge in [-0.15, -0.1) is 0 Å². The molecule has 0 N–H and O–H groups in total. The Morgan fingerprint density at radius 2 is 1.81 bits per heavy atom. The summed E-state index contributed by atoms with van der Waals surface area (Å²) in [7, 11) is 1.95. The molecule has 4 rings (SSSR count). The molecule has 1 aromatic carbocycles. The second-order valence-electron chi connectivity index (χ2n) is 6.49. The van der Waals surface area contributed by atoms with Gasteiger partial charge in [-0.1, -0.05) is 29.8 Å². The van der Waals surface area contributed by atoms with Crippen LogP contribution in [0.2, 0.25) is 5.02 Å². The van der Waals surface area contributed by atoms with Gasteiger partial charge in [0, 0.05) is 69.5 Å². The fourth-order valence-electron chi connectivity index (χ4n) is 3.33. The molecule has 0 saturated carbocycles. The predicted molar refractivity (Wildman–Crippen MR) is 103 cm³/mol. The van der Waals surface area contributed by atoms with Crippen LogP contribution in [0.15, 0.2) is 49.1 Å². The lowest BCUT2D eigenvalue weighted by molar-refractivity contribution is 0.249. The summed E-state index contributed by atoms with van der Waals surface area (Å²) >= 11 is 6.38. The van der Waals surface area contributed by atoms with Gasteiger partial charge in [-0.05, 0) is 6.07 Å². The molecule has 0 spiro atoms. The van der Waals surface area contributed by atoms with Crippen molar-refractivity contribution in [3.8, 4) is 11.3 Å². The van der Waals surface area contributed by atoms with Gasteiger partial charge in [0.25, 0.3) is 0 Å². The summed E-state index contributed by atoms with van der Waals surface area (Å²) in [5.74, 6) is 0.904. The average Bonchev–Trinajstić information content (AvgIpc) is 3.08. The minimum Gasteiger partial charge on any atom is -0.352 e. The van der Waals surface area contributed by atoms with Crippen LogP contribution in [0.1, 0.15) is 5.56 Å². The van der Waals surface area contributed by atoms with Crippen molar-refractivity contribution >= 4 is 17.4 Å². The molecule has 0 aliphatic carbocycles. The Hall–Kier alpha value is -2.44. The van der Waals surface area contributed by atoms with Crippen LogP contribution in [-0.4, -0.2) is 50.8 Å². The standard InChI is InChI=1S/C19H21ClN6/c1-24-13-15(12-23-24)14-25-8-10-26(11-9-25)19-18(21-6-7-22-19)16-4-2-3-5-17(16)20/h2-7,12-13H,8-11,14H2,1H3. The minimum atomic E-state index is 0.699. The number of rotatable bonds is 4. The molecule has 0 bridgehead atoms. The van der Waals surface area contributed by atoms with Crippen molar-refractivity contribution in [1.29, 1.82) is 0 Å². The lowest BCUT2D eigenvalue weighted by atomic mass is 10.1. The Kier molecular flexibility index (Phi) is 4.86. The van der Waals surface area contributed by atoms with Crippen LogP contribution in [0.4, 0.5) is 5.82 Å². The monoisotopic (exact) mass is 368 g/mol. The molecule has 1 aliphatic rings. The van der Waals surface area contributed by atoms with E-state index in [4.69, 9.17) is 11.6 Å². The predicted octanol–water partition coefficient (Wildman–Crippen LogP) is 2.85. The molecule has 0 amide bonds. The zero-order valence-corrected chi connectivity index (χ0v) is 15.5. The Morgan fingerprint density at radius 3 is 2.54 bits per heavy atom. The van der Waals surface area contributed by atoms with Gasteiger partial charge in [0.05, 0.1) is 11.2 Å². The molecule has 7 heteroatoms. The molecule has 134 valence electrons. The van der Waals surface area contributed by atoms with E-state index in [0.29, 0.717) is 5.02 Å². The fourth-order valence-corrected chi connectivity index (χ4v) is 3.56. The lowest BCUT2D eigenvalue weighted by Gasteiger charge is -2.35. The lowest BCUT2D eigenvalue weighted by Crippen LogP contribution is -2.46. The smallest absolute Gasteiger partial charge is 0.155 e. The van der Waals surface area contributed by atoms with Crippen LogP contribution in [0.25, 0.3) is 11.3 Å². The number of nitrogens with zero attached hydrogens (tertiary/aromatic N) is 6. The highest BCUT2D eigenvalue weighted by Gasteiger charge is 2.22. The van der Waals surface area contributed by atoms with Crippen LogP contribution in [0.5, 0.6) is 0 Å². The van der Waals surface area contributed by atoms with E-state index >= 15 is 0 Å². The first-order chi connectivity index (χ1) is 12.7. The van der Waals surface area contributed by atoms with Crippen LogP contribution in [-0.2, 0) is 13.6 Å². The van der Waals surface area contributed by atoms with Gasteiger partial charge >= 0.3 is 0 Å². The fraction of sp³-hybridized carbons (Fsp3) is 0.316. The zero-order valence-electron chi connectivity index (χ0n) is 14.7. The maximum Gasteiger partial charge on any atom is 0.155 e. The summed E-state index contributed by atoms with van der Waals surface area (Å²) in [5.41, 5.74) is 3.02. The Bertz CT molecular complexity index is 885. The van der Waals surface area contributed by atoms with E-state index in [-0.39, 0.29) is 0 Å². The van der Waals surface area contributed by atoms with E-state index < -0.39 is 0 Å². The third-order valence-electron chi connectivity index (χ3n) is 4.64. The molecule has 26 heavy (non-hydrogen) atoms.